The monoisotopic (exact) mass is 268 g/mol. The summed E-state index contributed by atoms with van der Waals surface area (Å²) in [6.07, 6.45) is -0.745. The Balaban J connectivity index is 2.36. The molecule has 1 unspecified atom stereocenters. The average molecular weight is 268 g/mol. The Morgan fingerprint density at radius 2 is 1.89 bits per heavy atom. The van der Waals surface area contributed by atoms with Crippen molar-refractivity contribution in [2.45, 2.75) is 20.0 Å². The van der Waals surface area contributed by atoms with Crippen LogP contribution in [0.4, 0.5) is 4.39 Å². The summed E-state index contributed by atoms with van der Waals surface area (Å²) in [6.45, 7) is 5.66. The lowest BCUT2D eigenvalue weighted by molar-refractivity contribution is -0.129. The van der Waals surface area contributed by atoms with Gasteiger partial charge in [-0.2, -0.15) is 0 Å². The van der Waals surface area contributed by atoms with Crippen molar-refractivity contribution in [3.05, 3.63) is 35.6 Å². The summed E-state index contributed by atoms with van der Waals surface area (Å²) in [5.74, 6) is -0.322. The van der Waals surface area contributed by atoms with Gasteiger partial charge in [0.15, 0.2) is 0 Å². The van der Waals surface area contributed by atoms with Crippen LogP contribution in [-0.4, -0.2) is 42.1 Å². The number of hydrogen-bond acceptors (Lipinski definition) is 3. The van der Waals surface area contributed by atoms with E-state index < -0.39 is 6.10 Å². The van der Waals surface area contributed by atoms with Gasteiger partial charge in [0.2, 0.25) is 5.91 Å². The average Bonchev–Trinajstić information content (AvgIpc) is 2.40. The first-order valence-electron chi connectivity index (χ1n) is 6.50. The van der Waals surface area contributed by atoms with Crippen molar-refractivity contribution in [3.63, 3.8) is 0 Å². The summed E-state index contributed by atoms with van der Waals surface area (Å²) in [5, 5.41) is 12.8. The zero-order chi connectivity index (χ0) is 14.3. The molecule has 0 heterocycles. The molecular weight excluding hydrogens is 247 g/mol. The molecule has 1 amide bonds. The van der Waals surface area contributed by atoms with Gasteiger partial charge in [0.25, 0.3) is 0 Å². The van der Waals surface area contributed by atoms with Crippen LogP contribution in [0.15, 0.2) is 24.3 Å². The van der Waals surface area contributed by atoms with Gasteiger partial charge < -0.3 is 15.3 Å². The Hall–Kier alpha value is -1.46. The quantitative estimate of drug-likeness (QED) is 0.784. The fourth-order valence-corrected chi connectivity index (χ4v) is 1.81. The summed E-state index contributed by atoms with van der Waals surface area (Å²) in [6, 6.07) is 5.68. The molecule has 106 valence electrons. The van der Waals surface area contributed by atoms with Crippen LogP contribution in [0.2, 0.25) is 0 Å². The number of nitrogens with zero attached hydrogens (tertiary/aromatic N) is 1. The van der Waals surface area contributed by atoms with Gasteiger partial charge in [0.1, 0.15) is 5.82 Å². The Morgan fingerprint density at radius 1 is 1.32 bits per heavy atom. The number of aliphatic hydroxyl groups is 1. The molecule has 5 heteroatoms. The second-order valence-electron chi connectivity index (χ2n) is 4.26. The third kappa shape index (κ3) is 4.96. The number of nitrogens with one attached hydrogen (secondary N) is 1. The molecule has 0 aliphatic heterocycles. The van der Waals surface area contributed by atoms with Gasteiger partial charge >= 0.3 is 0 Å². The molecule has 0 bridgehead atoms. The molecule has 1 atom stereocenters. The Bertz CT molecular complexity index is 391. The minimum atomic E-state index is -0.745. The topological polar surface area (TPSA) is 52.6 Å². The first-order chi connectivity index (χ1) is 9.08. The van der Waals surface area contributed by atoms with Gasteiger partial charge in [-0.1, -0.05) is 12.1 Å². The maximum Gasteiger partial charge on any atom is 0.236 e. The van der Waals surface area contributed by atoms with Crippen LogP contribution in [0, 0.1) is 5.82 Å². The van der Waals surface area contributed by atoms with E-state index >= 15 is 0 Å². The molecule has 0 aliphatic rings. The standard InChI is InChI=1S/C14H21FN2O2/c1-3-17(4-2)14(19)10-16-9-13(18)11-5-7-12(15)8-6-11/h5-8,13,16,18H,3-4,9-10H2,1-2H3. The molecule has 1 aromatic carbocycles. The zero-order valence-corrected chi connectivity index (χ0v) is 11.4. The summed E-state index contributed by atoms with van der Waals surface area (Å²) in [5.41, 5.74) is 0.629. The van der Waals surface area contributed by atoms with Crippen molar-refractivity contribution in [1.82, 2.24) is 10.2 Å². The van der Waals surface area contributed by atoms with Gasteiger partial charge in [0, 0.05) is 19.6 Å². The third-order valence-corrected chi connectivity index (χ3v) is 2.98. The minimum Gasteiger partial charge on any atom is -0.387 e. The molecule has 0 radical (unpaired) electrons. The summed E-state index contributed by atoms with van der Waals surface area (Å²) >= 11 is 0. The highest BCUT2D eigenvalue weighted by atomic mass is 19.1. The Labute approximate surface area is 113 Å². The number of amides is 1. The van der Waals surface area contributed by atoms with Crippen LogP contribution in [0.25, 0.3) is 0 Å². The fourth-order valence-electron chi connectivity index (χ4n) is 1.81. The number of benzene rings is 1. The molecule has 0 spiro atoms. The summed E-state index contributed by atoms with van der Waals surface area (Å²) in [7, 11) is 0. The number of rotatable bonds is 7. The van der Waals surface area contributed by atoms with Gasteiger partial charge in [-0.25, -0.2) is 4.39 Å². The zero-order valence-electron chi connectivity index (χ0n) is 11.4. The molecule has 0 saturated carbocycles. The van der Waals surface area contributed by atoms with E-state index in [4.69, 9.17) is 0 Å². The molecule has 0 saturated heterocycles. The summed E-state index contributed by atoms with van der Waals surface area (Å²) in [4.78, 5) is 13.4. The molecule has 2 N–H and O–H groups in total. The van der Waals surface area contributed by atoms with E-state index in [1.807, 2.05) is 13.8 Å². The highest BCUT2D eigenvalue weighted by Gasteiger charge is 2.11. The van der Waals surface area contributed by atoms with Crippen molar-refractivity contribution < 1.29 is 14.3 Å². The van der Waals surface area contributed by atoms with Crippen LogP contribution in [0.3, 0.4) is 0 Å². The van der Waals surface area contributed by atoms with Crippen molar-refractivity contribution in [2.24, 2.45) is 0 Å². The molecule has 1 aromatic rings. The van der Waals surface area contributed by atoms with Gasteiger partial charge in [-0.3, -0.25) is 4.79 Å². The van der Waals surface area contributed by atoms with E-state index in [1.165, 1.54) is 24.3 Å². The highest BCUT2D eigenvalue weighted by molar-refractivity contribution is 5.78. The number of halogens is 1. The SMILES string of the molecule is CCN(CC)C(=O)CNCC(O)c1ccc(F)cc1. The third-order valence-electron chi connectivity index (χ3n) is 2.98. The van der Waals surface area contributed by atoms with Gasteiger partial charge in [0.05, 0.1) is 12.6 Å². The van der Waals surface area contributed by atoms with E-state index in [-0.39, 0.29) is 24.8 Å². The van der Waals surface area contributed by atoms with E-state index in [0.717, 1.165) is 0 Å². The van der Waals surface area contributed by atoms with Crippen LogP contribution in [0.1, 0.15) is 25.5 Å². The number of likely N-dealkylation sites (N-methyl/N-ethyl adjacent to an activating group) is 1. The minimum absolute atomic E-state index is 0.0105. The predicted molar refractivity (Wildman–Crippen MR) is 72.2 cm³/mol. The molecule has 4 nitrogen and oxygen atoms in total. The van der Waals surface area contributed by atoms with E-state index in [0.29, 0.717) is 18.7 Å². The number of aliphatic hydroxyl groups excluding tert-OH is 1. The Kier molecular flexibility index (Phi) is 6.45. The van der Waals surface area contributed by atoms with Gasteiger partial charge in [-0.15, -0.1) is 0 Å². The lowest BCUT2D eigenvalue weighted by atomic mass is 10.1. The maximum absolute atomic E-state index is 12.7. The van der Waals surface area contributed by atoms with Crippen LogP contribution in [-0.2, 0) is 4.79 Å². The smallest absolute Gasteiger partial charge is 0.236 e. The molecular formula is C14H21FN2O2. The van der Waals surface area contributed by atoms with E-state index in [1.54, 1.807) is 4.90 Å². The van der Waals surface area contributed by atoms with E-state index in [2.05, 4.69) is 5.32 Å². The van der Waals surface area contributed by atoms with Crippen molar-refractivity contribution in [2.75, 3.05) is 26.2 Å². The lowest BCUT2D eigenvalue weighted by Gasteiger charge is -2.19. The predicted octanol–water partition coefficient (Wildman–Crippen LogP) is 1.32. The molecule has 19 heavy (non-hydrogen) atoms. The molecule has 0 fully saturated rings. The molecule has 0 aliphatic carbocycles. The van der Waals surface area contributed by atoms with E-state index in [9.17, 15) is 14.3 Å². The van der Waals surface area contributed by atoms with Crippen molar-refractivity contribution in [3.8, 4) is 0 Å². The number of hydrogen-bond donors (Lipinski definition) is 2. The first-order valence-corrected chi connectivity index (χ1v) is 6.50. The van der Waals surface area contributed by atoms with Crippen molar-refractivity contribution >= 4 is 5.91 Å². The van der Waals surface area contributed by atoms with Crippen molar-refractivity contribution in [1.29, 1.82) is 0 Å². The summed E-state index contributed by atoms with van der Waals surface area (Å²) < 4.78 is 12.7. The lowest BCUT2D eigenvalue weighted by Crippen LogP contribution is -2.39. The maximum atomic E-state index is 12.7. The highest BCUT2D eigenvalue weighted by Crippen LogP contribution is 2.12. The fraction of sp³-hybridized carbons (Fsp3) is 0.500. The van der Waals surface area contributed by atoms with Crippen LogP contribution in [0.5, 0.6) is 0 Å². The Morgan fingerprint density at radius 3 is 2.42 bits per heavy atom. The number of carbonyl (C=O) groups excluding carboxylic acids is 1. The van der Waals surface area contributed by atoms with Crippen LogP contribution < -0.4 is 5.32 Å². The largest absolute Gasteiger partial charge is 0.387 e. The molecule has 1 rings (SSSR count). The normalized spacial score (nSPS) is 12.2. The second-order valence-corrected chi connectivity index (χ2v) is 4.26. The molecule has 0 aromatic heterocycles. The number of carbonyl (C=O) groups is 1. The van der Waals surface area contributed by atoms with Crippen LogP contribution >= 0.6 is 0 Å². The first kappa shape index (κ1) is 15.6. The second kappa shape index (κ2) is 7.86. The van der Waals surface area contributed by atoms with Gasteiger partial charge in [-0.05, 0) is 31.5 Å².